The van der Waals surface area contributed by atoms with Crippen LogP contribution in [0.5, 0.6) is 17.2 Å². The van der Waals surface area contributed by atoms with Crippen molar-refractivity contribution in [3.05, 3.63) is 53.1 Å². The number of aromatic hydroxyl groups is 1. The number of methoxy groups -OCH3 is 1. The lowest BCUT2D eigenvalue weighted by atomic mass is 9.50. The molecule has 3 fully saturated rings. The third-order valence-corrected chi connectivity index (χ3v) is 11.9. The zero-order valence-corrected chi connectivity index (χ0v) is 27.8. The number of hydrogen-bond acceptors (Lipinski definition) is 5. The number of carbonyl (C=O) groups is 1. The van der Waals surface area contributed by atoms with Crippen molar-refractivity contribution in [2.24, 2.45) is 17.8 Å². The van der Waals surface area contributed by atoms with E-state index < -0.39 is 0 Å². The Labute approximate surface area is 270 Å². The summed E-state index contributed by atoms with van der Waals surface area (Å²) in [5, 5.41) is 11.3. The Hall–Kier alpha value is -2.73. The molecule has 2 saturated carbocycles. The predicted molar refractivity (Wildman–Crippen MR) is 178 cm³/mol. The molecule has 1 amide bonds. The van der Waals surface area contributed by atoms with Gasteiger partial charge in [-0.1, -0.05) is 63.4 Å². The van der Waals surface area contributed by atoms with Crippen LogP contribution in [0.3, 0.4) is 0 Å². The summed E-state index contributed by atoms with van der Waals surface area (Å²) in [6, 6.07) is 13.0. The van der Waals surface area contributed by atoms with Gasteiger partial charge in [0.25, 0.3) is 0 Å². The Morgan fingerprint density at radius 1 is 1.09 bits per heavy atom. The molecule has 0 radical (unpaired) electrons. The zero-order chi connectivity index (χ0) is 31.1. The second-order valence-corrected chi connectivity index (χ2v) is 15.3. The van der Waals surface area contributed by atoms with Gasteiger partial charge in [0.2, 0.25) is 5.91 Å². The molecule has 45 heavy (non-hydrogen) atoms. The van der Waals surface area contributed by atoms with Gasteiger partial charge in [-0.2, -0.15) is 0 Å². The second kappa shape index (κ2) is 12.8. The van der Waals surface area contributed by atoms with Crippen LogP contribution in [0.2, 0.25) is 0 Å². The number of amides is 1. The van der Waals surface area contributed by atoms with Crippen molar-refractivity contribution in [3.8, 4) is 17.2 Å². The van der Waals surface area contributed by atoms with E-state index in [1.165, 1.54) is 49.8 Å². The number of benzene rings is 2. The van der Waals surface area contributed by atoms with E-state index in [1.54, 1.807) is 13.2 Å². The first kappa shape index (κ1) is 30.9. The fourth-order valence-electron chi connectivity index (χ4n) is 9.72. The first-order valence-corrected chi connectivity index (χ1v) is 18.1. The molecule has 5 aliphatic rings. The summed E-state index contributed by atoms with van der Waals surface area (Å²) < 4.78 is 12.9. The molecule has 5 atom stereocenters. The van der Waals surface area contributed by atoms with Crippen LogP contribution in [0, 0.1) is 17.8 Å². The number of likely N-dealkylation sites (tertiary alicyclic amines) is 1. The lowest BCUT2D eigenvalue weighted by Crippen LogP contribution is -2.69. The van der Waals surface area contributed by atoms with Crippen LogP contribution in [-0.4, -0.2) is 65.7 Å². The van der Waals surface area contributed by atoms with Crippen LogP contribution in [-0.2, 0) is 23.1 Å². The molecular weight excluding hydrogens is 560 g/mol. The molecule has 3 aliphatic carbocycles. The number of phenols is 1. The van der Waals surface area contributed by atoms with Gasteiger partial charge < -0.3 is 19.5 Å². The Kier molecular flexibility index (Phi) is 8.80. The Bertz CT molecular complexity index is 1360. The van der Waals surface area contributed by atoms with E-state index in [4.69, 9.17) is 9.47 Å². The van der Waals surface area contributed by atoms with E-state index in [2.05, 4.69) is 54.0 Å². The van der Waals surface area contributed by atoms with Crippen molar-refractivity contribution in [1.82, 2.24) is 9.80 Å². The predicted octanol–water partition coefficient (Wildman–Crippen LogP) is 7.29. The molecule has 2 aromatic rings. The van der Waals surface area contributed by atoms with E-state index in [-0.39, 0.29) is 17.6 Å². The fourth-order valence-corrected chi connectivity index (χ4v) is 9.72. The monoisotopic (exact) mass is 614 g/mol. The Balaban J connectivity index is 1.08. The maximum Gasteiger partial charge on any atom is 0.222 e. The fraction of sp³-hybridized carbons (Fsp3) is 0.667. The third kappa shape index (κ3) is 5.74. The maximum absolute atomic E-state index is 14.1. The molecule has 2 heterocycles. The number of aryl methyl sites for hydroxylation is 1. The minimum Gasteiger partial charge on any atom is -0.508 e. The van der Waals surface area contributed by atoms with E-state index in [0.29, 0.717) is 41.7 Å². The van der Waals surface area contributed by atoms with Gasteiger partial charge in [0.15, 0.2) is 11.5 Å². The smallest absolute Gasteiger partial charge is 0.222 e. The van der Waals surface area contributed by atoms with Crippen LogP contribution in [0.1, 0.15) is 101 Å². The summed E-state index contributed by atoms with van der Waals surface area (Å²) in [5.74, 6) is 3.84. The number of piperidine rings is 1. The number of carbonyl (C=O) groups excluding carboxylic acids is 1. The minimum absolute atomic E-state index is 0.0443. The Morgan fingerprint density at radius 2 is 1.87 bits per heavy atom. The highest BCUT2D eigenvalue weighted by molar-refractivity contribution is 5.77. The molecular formula is C39H54N2O4. The molecule has 2 aromatic carbocycles. The van der Waals surface area contributed by atoms with Crippen LogP contribution in [0.25, 0.3) is 0 Å². The average molecular weight is 615 g/mol. The minimum atomic E-state index is -0.170. The average Bonchev–Trinajstić information content (AvgIpc) is 3.79. The second-order valence-electron chi connectivity index (χ2n) is 15.3. The van der Waals surface area contributed by atoms with Crippen molar-refractivity contribution in [2.75, 3.05) is 26.7 Å². The lowest BCUT2D eigenvalue weighted by molar-refractivity contribution is -0.143. The van der Waals surface area contributed by atoms with Gasteiger partial charge in [-0.3, -0.25) is 9.69 Å². The van der Waals surface area contributed by atoms with Crippen LogP contribution < -0.4 is 9.47 Å². The van der Waals surface area contributed by atoms with Gasteiger partial charge in [0, 0.05) is 48.2 Å². The summed E-state index contributed by atoms with van der Waals surface area (Å²) in [6.07, 6.45) is 14.1. The van der Waals surface area contributed by atoms with Crippen molar-refractivity contribution >= 4 is 5.91 Å². The number of rotatable bonds is 14. The van der Waals surface area contributed by atoms with Gasteiger partial charge in [-0.05, 0) is 87.6 Å². The Morgan fingerprint density at radius 3 is 2.62 bits per heavy atom. The SMILES string of the molecule is COc1cc(O)c2c3c1O[C@H]1[C@H](N(CC(C)C)C(=O)CCCCCCCc4ccccc4)CC[C@H]4[C@@H](C2)N(CC2CC2)CC[C@@]341. The number of unbranched alkanes of at least 4 members (excludes halogenated alkanes) is 4. The largest absolute Gasteiger partial charge is 0.508 e. The van der Waals surface area contributed by atoms with Crippen molar-refractivity contribution < 1.29 is 19.4 Å². The maximum atomic E-state index is 14.1. The summed E-state index contributed by atoms with van der Waals surface area (Å²) in [7, 11) is 1.68. The van der Waals surface area contributed by atoms with E-state index >= 15 is 0 Å². The highest BCUT2D eigenvalue weighted by Crippen LogP contribution is 2.66. The topological polar surface area (TPSA) is 62.2 Å². The zero-order valence-electron chi connectivity index (χ0n) is 27.8. The highest BCUT2D eigenvalue weighted by Gasteiger charge is 2.67. The van der Waals surface area contributed by atoms with Gasteiger partial charge in [-0.25, -0.2) is 0 Å². The summed E-state index contributed by atoms with van der Waals surface area (Å²) in [4.78, 5) is 19.1. The molecule has 0 unspecified atom stereocenters. The third-order valence-electron chi connectivity index (χ3n) is 11.9. The quantitative estimate of drug-likeness (QED) is 0.227. The normalized spacial score (nSPS) is 28.1. The molecule has 1 spiro atoms. The summed E-state index contributed by atoms with van der Waals surface area (Å²) in [5.41, 5.74) is 3.54. The number of nitrogens with zero attached hydrogens (tertiary/aromatic N) is 2. The molecule has 1 saturated heterocycles. The molecule has 244 valence electrons. The van der Waals surface area contributed by atoms with Gasteiger partial charge in [0.1, 0.15) is 11.9 Å². The van der Waals surface area contributed by atoms with Crippen molar-refractivity contribution in [3.63, 3.8) is 0 Å². The number of phenolic OH excluding ortho intramolecular Hbond substituents is 1. The van der Waals surface area contributed by atoms with Crippen LogP contribution >= 0.6 is 0 Å². The molecule has 6 heteroatoms. The van der Waals surface area contributed by atoms with Crippen LogP contribution in [0.4, 0.5) is 0 Å². The molecule has 1 N–H and O–H groups in total. The highest BCUT2D eigenvalue weighted by atomic mass is 16.5. The number of ether oxygens (including phenoxy) is 2. The molecule has 7 rings (SSSR count). The van der Waals surface area contributed by atoms with E-state index in [0.717, 1.165) is 75.3 Å². The first-order valence-electron chi connectivity index (χ1n) is 18.1. The number of hydrogen-bond donors (Lipinski definition) is 1. The van der Waals surface area contributed by atoms with E-state index in [9.17, 15) is 9.90 Å². The molecule has 6 nitrogen and oxygen atoms in total. The van der Waals surface area contributed by atoms with Gasteiger partial charge in [0.05, 0.1) is 13.2 Å². The van der Waals surface area contributed by atoms with Gasteiger partial charge in [-0.15, -0.1) is 0 Å². The summed E-state index contributed by atoms with van der Waals surface area (Å²) in [6.45, 7) is 7.49. The molecule has 0 aromatic heterocycles. The molecule has 2 bridgehead atoms. The lowest BCUT2D eigenvalue weighted by Gasteiger charge is -2.60. The van der Waals surface area contributed by atoms with Gasteiger partial charge >= 0.3 is 0 Å². The van der Waals surface area contributed by atoms with Crippen molar-refractivity contribution in [2.45, 2.75) is 121 Å². The van der Waals surface area contributed by atoms with E-state index in [1.807, 2.05) is 0 Å². The standard InChI is InChI=1S/C39H54N2O4/c1-26(2)24-41(35(43)15-11-6-4-5-8-12-27-13-9-7-10-14-27)31-19-18-30-32-22-29-33(42)23-34(44-3)37-36(29)39(30,38(31)45-37)20-21-40(32)25-28-16-17-28/h7,9-10,13-14,23,26,28,30-32,38,42H,4-6,8,11-12,15-22,24-25H2,1-3H3/t30-,31+,32+,38-,39-/m0/s1. The first-order chi connectivity index (χ1) is 21.9. The van der Waals surface area contributed by atoms with Crippen LogP contribution in [0.15, 0.2) is 36.4 Å². The molecule has 2 aliphatic heterocycles. The van der Waals surface area contributed by atoms with Crippen molar-refractivity contribution in [1.29, 1.82) is 0 Å². The summed E-state index contributed by atoms with van der Waals surface area (Å²) >= 11 is 0.